The van der Waals surface area contributed by atoms with E-state index in [2.05, 4.69) is 13.8 Å². The van der Waals surface area contributed by atoms with Gasteiger partial charge in [0.15, 0.2) is 0 Å². The van der Waals surface area contributed by atoms with Crippen molar-refractivity contribution in [1.82, 2.24) is 4.90 Å². The molecule has 3 nitrogen and oxygen atoms in total. The Morgan fingerprint density at radius 2 is 2.07 bits per heavy atom. The number of nitrogens with two attached hydrogens (primary N) is 1. The van der Waals surface area contributed by atoms with Crippen LogP contribution in [-0.4, -0.2) is 29.4 Å². The van der Waals surface area contributed by atoms with Crippen LogP contribution < -0.4 is 5.73 Å². The van der Waals surface area contributed by atoms with Gasteiger partial charge in [-0.1, -0.05) is 13.8 Å². The van der Waals surface area contributed by atoms with Gasteiger partial charge in [-0.2, -0.15) is 0 Å². The van der Waals surface area contributed by atoms with Crippen molar-refractivity contribution in [2.45, 2.75) is 52.1 Å². The predicted molar refractivity (Wildman–Crippen MR) is 57.8 cm³/mol. The number of carbonyl (C=O) groups is 1. The molecule has 0 aromatic rings. The Labute approximate surface area is 86.6 Å². The first-order valence-electron chi connectivity index (χ1n) is 5.57. The maximum atomic E-state index is 11.4. The van der Waals surface area contributed by atoms with Crippen molar-refractivity contribution in [3.8, 4) is 0 Å². The van der Waals surface area contributed by atoms with Crippen molar-refractivity contribution in [2.24, 2.45) is 11.7 Å². The molecule has 2 N–H and O–H groups in total. The van der Waals surface area contributed by atoms with Gasteiger partial charge in [-0.05, 0) is 25.2 Å². The number of nitrogens with zero attached hydrogens (tertiary/aromatic N) is 1. The minimum absolute atomic E-state index is 0.124. The summed E-state index contributed by atoms with van der Waals surface area (Å²) in [5.41, 5.74) is 6.13. The van der Waals surface area contributed by atoms with Gasteiger partial charge in [0.1, 0.15) is 0 Å². The lowest BCUT2D eigenvalue weighted by atomic mass is 9.89. The fraction of sp³-hybridized carbons (Fsp3) is 0.909. The van der Waals surface area contributed by atoms with Crippen LogP contribution in [0.2, 0.25) is 0 Å². The maximum absolute atomic E-state index is 11.4. The molecule has 1 fully saturated rings. The third-order valence-electron chi connectivity index (χ3n) is 3.17. The first-order chi connectivity index (χ1) is 6.54. The summed E-state index contributed by atoms with van der Waals surface area (Å²) in [6, 6.07) is 0.389. The van der Waals surface area contributed by atoms with Crippen LogP contribution in [0.5, 0.6) is 0 Å². The fourth-order valence-corrected chi connectivity index (χ4v) is 2.19. The summed E-state index contributed by atoms with van der Waals surface area (Å²) in [5, 5.41) is 0. The van der Waals surface area contributed by atoms with E-state index in [1.165, 1.54) is 6.42 Å². The molecule has 1 rings (SSSR count). The zero-order chi connectivity index (χ0) is 10.7. The number of carbonyl (C=O) groups excluding carboxylic acids is 1. The average Bonchev–Trinajstić information content (AvgIpc) is 2.16. The number of hydrogen-bond donors (Lipinski definition) is 1. The lowest BCUT2D eigenvalue weighted by Crippen LogP contribution is -2.54. The summed E-state index contributed by atoms with van der Waals surface area (Å²) in [5.74, 6) is 0.616. The monoisotopic (exact) mass is 198 g/mol. The van der Waals surface area contributed by atoms with E-state index < -0.39 is 0 Å². The third kappa shape index (κ3) is 2.47. The molecule has 1 saturated heterocycles. The van der Waals surface area contributed by atoms with E-state index in [4.69, 9.17) is 5.73 Å². The molecule has 1 amide bonds. The number of piperidine rings is 1. The average molecular weight is 198 g/mol. The molecule has 3 heteroatoms. The van der Waals surface area contributed by atoms with Crippen LogP contribution in [0, 0.1) is 5.92 Å². The SMILES string of the molecule is CC(=O)N1CCCCC1C(N)C(C)C. The zero-order valence-electron chi connectivity index (χ0n) is 9.49. The Balaban J connectivity index is 2.67. The Morgan fingerprint density at radius 3 is 2.57 bits per heavy atom. The van der Waals surface area contributed by atoms with E-state index in [1.807, 2.05) is 4.90 Å². The second kappa shape index (κ2) is 4.78. The molecule has 0 aliphatic carbocycles. The smallest absolute Gasteiger partial charge is 0.219 e. The largest absolute Gasteiger partial charge is 0.338 e. The molecule has 0 bridgehead atoms. The molecular weight excluding hydrogens is 176 g/mol. The lowest BCUT2D eigenvalue weighted by Gasteiger charge is -2.40. The van der Waals surface area contributed by atoms with Gasteiger partial charge < -0.3 is 10.6 Å². The third-order valence-corrected chi connectivity index (χ3v) is 3.17. The summed E-state index contributed by atoms with van der Waals surface area (Å²) >= 11 is 0. The summed E-state index contributed by atoms with van der Waals surface area (Å²) < 4.78 is 0. The van der Waals surface area contributed by atoms with Gasteiger partial charge in [0, 0.05) is 25.6 Å². The summed E-state index contributed by atoms with van der Waals surface area (Å²) in [6.07, 6.45) is 3.40. The van der Waals surface area contributed by atoms with E-state index in [1.54, 1.807) is 6.92 Å². The Bertz CT molecular complexity index is 203. The van der Waals surface area contributed by atoms with E-state index in [0.29, 0.717) is 5.92 Å². The minimum Gasteiger partial charge on any atom is -0.338 e. The molecule has 0 aromatic heterocycles. The Hall–Kier alpha value is -0.570. The number of amides is 1. The standard InChI is InChI=1S/C11H22N2O/c1-8(2)11(12)10-6-4-5-7-13(10)9(3)14/h8,10-11H,4-7,12H2,1-3H3. The second-order valence-electron chi connectivity index (χ2n) is 4.60. The van der Waals surface area contributed by atoms with Crippen molar-refractivity contribution < 1.29 is 4.79 Å². The molecule has 0 radical (unpaired) electrons. The molecule has 0 saturated carbocycles. The van der Waals surface area contributed by atoms with Crippen LogP contribution in [0.4, 0.5) is 0 Å². The Morgan fingerprint density at radius 1 is 1.43 bits per heavy atom. The van der Waals surface area contributed by atoms with Gasteiger partial charge in [-0.15, -0.1) is 0 Å². The van der Waals surface area contributed by atoms with Gasteiger partial charge in [-0.25, -0.2) is 0 Å². The van der Waals surface area contributed by atoms with Crippen LogP contribution in [0.1, 0.15) is 40.0 Å². The van der Waals surface area contributed by atoms with E-state index in [9.17, 15) is 4.79 Å². The summed E-state index contributed by atoms with van der Waals surface area (Å²) in [4.78, 5) is 13.4. The van der Waals surface area contributed by atoms with Crippen LogP contribution in [0.25, 0.3) is 0 Å². The highest BCUT2D eigenvalue weighted by Gasteiger charge is 2.30. The zero-order valence-corrected chi connectivity index (χ0v) is 9.49. The van der Waals surface area contributed by atoms with Crippen molar-refractivity contribution in [1.29, 1.82) is 0 Å². The highest BCUT2D eigenvalue weighted by molar-refractivity contribution is 5.73. The second-order valence-corrected chi connectivity index (χ2v) is 4.60. The normalized spacial score (nSPS) is 25.2. The van der Waals surface area contributed by atoms with Crippen LogP contribution in [0.3, 0.4) is 0 Å². The number of hydrogen-bond acceptors (Lipinski definition) is 2. The van der Waals surface area contributed by atoms with Crippen molar-refractivity contribution in [2.75, 3.05) is 6.54 Å². The molecular formula is C11H22N2O. The van der Waals surface area contributed by atoms with Crippen molar-refractivity contribution in [3.05, 3.63) is 0 Å². The molecule has 0 aromatic carbocycles. The van der Waals surface area contributed by atoms with Gasteiger partial charge in [0.25, 0.3) is 0 Å². The quantitative estimate of drug-likeness (QED) is 0.728. The number of likely N-dealkylation sites (tertiary alicyclic amines) is 1. The van der Waals surface area contributed by atoms with Gasteiger partial charge in [0.2, 0.25) is 5.91 Å². The first-order valence-corrected chi connectivity index (χ1v) is 5.57. The summed E-state index contributed by atoms with van der Waals surface area (Å²) in [6.45, 7) is 6.78. The van der Waals surface area contributed by atoms with E-state index in [-0.39, 0.29) is 18.0 Å². The van der Waals surface area contributed by atoms with Gasteiger partial charge in [-0.3, -0.25) is 4.79 Å². The lowest BCUT2D eigenvalue weighted by molar-refractivity contribution is -0.133. The Kier molecular flexibility index (Phi) is 3.93. The molecule has 1 heterocycles. The number of rotatable bonds is 2. The maximum Gasteiger partial charge on any atom is 0.219 e. The molecule has 1 aliphatic heterocycles. The predicted octanol–water partition coefficient (Wildman–Crippen LogP) is 1.37. The molecule has 14 heavy (non-hydrogen) atoms. The van der Waals surface area contributed by atoms with Crippen LogP contribution in [0.15, 0.2) is 0 Å². The first kappa shape index (κ1) is 11.5. The topological polar surface area (TPSA) is 46.3 Å². The molecule has 1 aliphatic rings. The van der Waals surface area contributed by atoms with Gasteiger partial charge >= 0.3 is 0 Å². The fourth-order valence-electron chi connectivity index (χ4n) is 2.19. The summed E-state index contributed by atoms with van der Waals surface area (Å²) in [7, 11) is 0. The van der Waals surface area contributed by atoms with Crippen molar-refractivity contribution >= 4 is 5.91 Å². The van der Waals surface area contributed by atoms with Gasteiger partial charge in [0.05, 0.1) is 0 Å². The van der Waals surface area contributed by atoms with E-state index >= 15 is 0 Å². The van der Waals surface area contributed by atoms with Crippen molar-refractivity contribution in [3.63, 3.8) is 0 Å². The molecule has 2 unspecified atom stereocenters. The van der Waals surface area contributed by atoms with Crippen LogP contribution in [-0.2, 0) is 4.79 Å². The molecule has 2 atom stereocenters. The highest BCUT2D eigenvalue weighted by atomic mass is 16.2. The van der Waals surface area contributed by atoms with Crippen LogP contribution >= 0.6 is 0 Å². The van der Waals surface area contributed by atoms with E-state index in [0.717, 1.165) is 19.4 Å². The highest BCUT2D eigenvalue weighted by Crippen LogP contribution is 2.22. The molecule has 82 valence electrons. The minimum atomic E-state index is 0.124. The molecule has 0 spiro atoms.